The van der Waals surface area contributed by atoms with Crippen molar-refractivity contribution in [2.75, 3.05) is 4.90 Å². The van der Waals surface area contributed by atoms with Crippen LogP contribution in [0.25, 0.3) is 0 Å². The molecule has 0 radical (unpaired) electrons. The minimum atomic E-state index is -0.317. The van der Waals surface area contributed by atoms with Gasteiger partial charge in [0.25, 0.3) is 0 Å². The van der Waals surface area contributed by atoms with Gasteiger partial charge in [0.1, 0.15) is 6.33 Å². The van der Waals surface area contributed by atoms with E-state index in [-0.39, 0.29) is 5.91 Å². The number of primary amides is 1. The van der Waals surface area contributed by atoms with Crippen LogP contribution in [0.4, 0.5) is 10.1 Å². The van der Waals surface area contributed by atoms with Gasteiger partial charge in [0.05, 0.1) is 11.9 Å². The fourth-order valence-electron chi connectivity index (χ4n) is 2.25. The van der Waals surface area contributed by atoms with Crippen molar-refractivity contribution in [1.29, 1.82) is 0 Å². The highest BCUT2D eigenvalue weighted by molar-refractivity contribution is 5.73. The van der Waals surface area contributed by atoms with Crippen LogP contribution in [-0.2, 0) is 11.3 Å². The molecular weight excluding hydrogens is 271 g/mol. The number of aromatic nitrogens is 2. The summed E-state index contributed by atoms with van der Waals surface area (Å²) in [5.74, 6) is 0.112. The van der Waals surface area contributed by atoms with Gasteiger partial charge >= 0.3 is 0 Å². The maximum absolute atomic E-state index is 12.9. The van der Waals surface area contributed by atoms with Crippen LogP contribution in [0.1, 0.15) is 32.6 Å². The first-order chi connectivity index (χ1) is 10.0. The van der Waals surface area contributed by atoms with Gasteiger partial charge < -0.3 is 10.6 Å². The van der Waals surface area contributed by atoms with Crippen molar-refractivity contribution in [3.63, 3.8) is 0 Å². The van der Waals surface area contributed by atoms with E-state index in [1.165, 1.54) is 0 Å². The maximum Gasteiger partial charge on any atom is 0.217 e. The minimum absolute atomic E-state index is 0.317. The molecule has 1 fully saturated rings. The maximum atomic E-state index is 12.9. The molecule has 1 aliphatic carbocycles. The topological polar surface area (TPSA) is 64.2 Å². The number of carbonyl (C=O) groups excluding carboxylic acids is 1. The SMILES string of the molecule is C=C(C1CC1)N(/C(C)=C\F)c1cnn(CCCC(N)=O)c1. The number of carbonyl (C=O) groups is 1. The third kappa shape index (κ3) is 3.93. The van der Waals surface area contributed by atoms with Crippen LogP contribution >= 0.6 is 0 Å². The van der Waals surface area contributed by atoms with E-state index in [1.807, 2.05) is 6.20 Å². The summed E-state index contributed by atoms with van der Waals surface area (Å²) in [4.78, 5) is 12.5. The molecule has 0 bridgehead atoms. The van der Waals surface area contributed by atoms with Crippen LogP contribution in [0.2, 0.25) is 0 Å². The zero-order chi connectivity index (χ0) is 15.4. The smallest absolute Gasteiger partial charge is 0.217 e. The van der Waals surface area contributed by atoms with Gasteiger partial charge in [-0.25, -0.2) is 4.39 Å². The Morgan fingerprint density at radius 2 is 2.38 bits per heavy atom. The number of anilines is 1. The Bertz CT molecular complexity index is 560. The lowest BCUT2D eigenvalue weighted by Gasteiger charge is -2.25. The second-order valence-electron chi connectivity index (χ2n) is 5.38. The Labute approximate surface area is 123 Å². The standard InChI is InChI=1S/C15H21FN4O/c1-11(8-16)20(12(2)13-5-6-13)14-9-18-19(10-14)7-3-4-15(17)21/h8-10,13H,2-7H2,1H3,(H2,17,21)/b11-8-. The predicted molar refractivity (Wildman–Crippen MR) is 79.9 cm³/mol. The normalized spacial score (nSPS) is 15.0. The number of nitrogens with two attached hydrogens (primary N) is 1. The second kappa shape index (κ2) is 6.56. The Morgan fingerprint density at radius 3 is 2.95 bits per heavy atom. The number of allylic oxidation sites excluding steroid dienone is 2. The Morgan fingerprint density at radius 1 is 1.67 bits per heavy atom. The van der Waals surface area contributed by atoms with Gasteiger partial charge in [0, 0.05) is 30.6 Å². The van der Waals surface area contributed by atoms with Crippen LogP contribution in [-0.4, -0.2) is 15.7 Å². The molecule has 2 rings (SSSR count). The van der Waals surface area contributed by atoms with E-state index < -0.39 is 0 Å². The highest BCUT2D eigenvalue weighted by atomic mass is 19.1. The molecule has 1 aromatic heterocycles. The third-order valence-electron chi connectivity index (χ3n) is 3.53. The number of halogens is 1. The number of amides is 1. The summed E-state index contributed by atoms with van der Waals surface area (Å²) in [6.07, 6.45) is 7.27. The number of aryl methyl sites for hydroxylation is 1. The summed E-state index contributed by atoms with van der Waals surface area (Å²) < 4.78 is 14.7. The van der Waals surface area contributed by atoms with E-state index in [4.69, 9.17) is 5.73 Å². The lowest BCUT2D eigenvalue weighted by atomic mass is 10.2. The van der Waals surface area contributed by atoms with Gasteiger partial charge in [-0.05, 0) is 32.1 Å². The molecule has 1 amide bonds. The molecule has 1 aromatic rings. The van der Waals surface area contributed by atoms with Crippen molar-refractivity contribution in [1.82, 2.24) is 9.78 Å². The molecule has 0 spiro atoms. The Kier molecular flexibility index (Phi) is 4.77. The summed E-state index contributed by atoms with van der Waals surface area (Å²) in [6, 6.07) is 0. The van der Waals surface area contributed by atoms with Crippen molar-refractivity contribution < 1.29 is 9.18 Å². The molecule has 1 saturated carbocycles. The number of hydrogen-bond donors (Lipinski definition) is 1. The van der Waals surface area contributed by atoms with Gasteiger partial charge in [0.15, 0.2) is 0 Å². The van der Waals surface area contributed by atoms with Crippen molar-refractivity contribution >= 4 is 11.6 Å². The quantitative estimate of drug-likeness (QED) is 0.801. The molecule has 0 unspecified atom stereocenters. The van der Waals surface area contributed by atoms with E-state index in [0.29, 0.717) is 37.3 Å². The molecule has 0 aliphatic heterocycles. The monoisotopic (exact) mass is 292 g/mol. The Hall–Kier alpha value is -2.11. The van der Waals surface area contributed by atoms with E-state index in [9.17, 15) is 9.18 Å². The fourth-order valence-corrected chi connectivity index (χ4v) is 2.25. The van der Waals surface area contributed by atoms with Gasteiger partial charge in [-0.1, -0.05) is 6.58 Å². The molecule has 0 saturated heterocycles. The van der Waals surface area contributed by atoms with Crippen LogP contribution < -0.4 is 10.6 Å². The lowest BCUT2D eigenvalue weighted by molar-refractivity contribution is -0.118. The van der Waals surface area contributed by atoms with Crippen molar-refractivity contribution in [3.05, 3.63) is 36.7 Å². The van der Waals surface area contributed by atoms with E-state index in [2.05, 4.69) is 11.7 Å². The van der Waals surface area contributed by atoms with Crippen LogP contribution in [0, 0.1) is 5.92 Å². The molecule has 0 aromatic carbocycles. The van der Waals surface area contributed by atoms with E-state index >= 15 is 0 Å². The van der Waals surface area contributed by atoms with E-state index in [1.54, 1.807) is 22.7 Å². The van der Waals surface area contributed by atoms with Gasteiger partial charge in [-0.15, -0.1) is 0 Å². The second-order valence-corrected chi connectivity index (χ2v) is 5.38. The molecule has 2 N–H and O–H groups in total. The molecule has 21 heavy (non-hydrogen) atoms. The highest BCUT2D eigenvalue weighted by Gasteiger charge is 2.30. The molecule has 5 nitrogen and oxygen atoms in total. The molecule has 6 heteroatoms. The van der Waals surface area contributed by atoms with Crippen LogP contribution in [0.15, 0.2) is 36.7 Å². The van der Waals surface area contributed by atoms with Gasteiger partial charge in [-0.3, -0.25) is 9.48 Å². The molecular formula is C15H21FN4O. The lowest BCUT2D eigenvalue weighted by Crippen LogP contribution is -2.20. The Balaban J connectivity index is 2.08. The first-order valence-electron chi connectivity index (χ1n) is 7.09. The number of hydrogen-bond acceptors (Lipinski definition) is 3. The average molecular weight is 292 g/mol. The average Bonchev–Trinajstić information content (AvgIpc) is 3.20. The van der Waals surface area contributed by atoms with Crippen molar-refractivity contribution in [2.24, 2.45) is 11.7 Å². The van der Waals surface area contributed by atoms with Crippen LogP contribution in [0.3, 0.4) is 0 Å². The zero-order valence-electron chi connectivity index (χ0n) is 12.3. The summed E-state index contributed by atoms with van der Waals surface area (Å²) in [5, 5.41) is 4.24. The summed E-state index contributed by atoms with van der Waals surface area (Å²) in [7, 11) is 0. The summed E-state index contributed by atoms with van der Waals surface area (Å²) in [6.45, 7) is 6.39. The summed E-state index contributed by atoms with van der Waals surface area (Å²) >= 11 is 0. The van der Waals surface area contributed by atoms with E-state index in [0.717, 1.165) is 24.2 Å². The number of nitrogens with zero attached hydrogens (tertiary/aromatic N) is 3. The summed E-state index contributed by atoms with van der Waals surface area (Å²) in [5.41, 5.74) is 7.29. The molecule has 1 heterocycles. The number of rotatable bonds is 8. The fraction of sp³-hybridized carbons (Fsp3) is 0.467. The largest absolute Gasteiger partial charge is 0.370 e. The minimum Gasteiger partial charge on any atom is -0.370 e. The third-order valence-corrected chi connectivity index (χ3v) is 3.53. The van der Waals surface area contributed by atoms with Gasteiger partial charge in [0.2, 0.25) is 5.91 Å². The molecule has 1 aliphatic rings. The van der Waals surface area contributed by atoms with Crippen molar-refractivity contribution in [3.8, 4) is 0 Å². The highest BCUT2D eigenvalue weighted by Crippen LogP contribution is 2.40. The molecule has 0 atom stereocenters. The first-order valence-corrected chi connectivity index (χ1v) is 7.09. The first kappa shape index (κ1) is 15.3. The van der Waals surface area contributed by atoms with Gasteiger partial charge in [-0.2, -0.15) is 5.10 Å². The predicted octanol–water partition coefficient (Wildman–Crippen LogP) is 2.71. The molecule has 114 valence electrons. The zero-order valence-corrected chi connectivity index (χ0v) is 12.3. The van der Waals surface area contributed by atoms with Crippen LogP contribution in [0.5, 0.6) is 0 Å². The van der Waals surface area contributed by atoms with Crippen molar-refractivity contribution in [2.45, 2.75) is 39.2 Å².